The summed E-state index contributed by atoms with van der Waals surface area (Å²) in [7, 11) is -2.55. The van der Waals surface area contributed by atoms with Gasteiger partial charge in [-0.3, -0.25) is 0 Å². The Hall–Kier alpha value is -1.81. The Morgan fingerprint density at radius 1 is 0.886 bits per heavy atom. The van der Waals surface area contributed by atoms with Crippen molar-refractivity contribution < 1.29 is 26.3 Å². The molecule has 2 aromatic carbocycles. The molecule has 0 atom stereocenters. The molecule has 1 aliphatic rings. The highest BCUT2D eigenvalue weighted by molar-refractivity contribution is 8.10. The van der Waals surface area contributed by atoms with E-state index in [2.05, 4.69) is 4.90 Å². The molecule has 0 saturated carbocycles. The van der Waals surface area contributed by atoms with Crippen LogP contribution in [0.5, 0.6) is 11.5 Å². The van der Waals surface area contributed by atoms with Crippen molar-refractivity contribution in [2.75, 3.05) is 45.9 Å². The predicted octanol–water partition coefficient (Wildman–Crippen LogP) is 3.77. The number of hydrogen-bond acceptors (Lipinski definition) is 7. The monoisotopic (exact) mass is 545 g/mol. The van der Waals surface area contributed by atoms with Crippen LogP contribution < -0.4 is 9.47 Å². The summed E-state index contributed by atoms with van der Waals surface area (Å²) < 4.78 is 61.9. The van der Waals surface area contributed by atoms with Crippen molar-refractivity contribution in [1.29, 1.82) is 0 Å². The third kappa shape index (κ3) is 6.13. The van der Waals surface area contributed by atoms with E-state index in [1.165, 1.54) is 0 Å². The zero-order chi connectivity index (χ0) is 25.0. The van der Waals surface area contributed by atoms with E-state index in [0.29, 0.717) is 30.0 Å². The number of nitrogens with zero attached hydrogens (tertiary/aromatic N) is 1. The van der Waals surface area contributed by atoms with Gasteiger partial charge in [-0.05, 0) is 69.5 Å². The van der Waals surface area contributed by atoms with Crippen LogP contribution in [0.2, 0.25) is 0 Å². The van der Waals surface area contributed by atoms with E-state index in [-0.39, 0.29) is 36.8 Å². The van der Waals surface area contributed by atoms with Gasteiger partial charge in [-0.1, -0.05) is 35.9 Å². The van der Waals surface area contributed by atoms with Crippen LogP contribution in [0.3, 0.4) is 0 Å². The first-order valence-electron chi connectivity index (χ1n) is 11.5. The lowest BCUT2D eigenvalue weighted by atomic mass is 10.0. The molecular weight excluding hydrogens is 510 g/mol. The molecule has 1 aliphatic heterocycles. The Bertz CT molecular complexity index is 1160. The number of ether oxygens (including phenoxy) is 2. The Morgan fingerprint density at radius 3 is 2.06 bits per heavy atom. The minimum absolute atomic E-state index is 0. The van der Waals surface area contributed by atoms with E-state index in [0.717, 1.165) is 24.1 Å². The number of aryl methyl sites for hydroxylation is 1. The largest absolute Gasteiger partial charge is 0.493 e. The summed E-state index contributed by atoms with van der Waals surface area (Å²) in [6.45, 7) is 3.23. The third-order valence-electron chi connectivity index (χ3n) is 6.60. The smallest absolute Gasteiger partial charge is 0.198 e. The normalized spacial score (nSPS) is 18.0. The molecule has 1 fully saturated rings. The first kappa shape index (κ1) is 29.4. The van der Waals surface area contributed by atoms with Crippen LogP contribution in [0.1, 0.15) is 36.0 Å². The Morgan fingerprint density at radius 2 is 1.49 bits per heavy atom. The van der Waals surface area contributed by atoms with Gasteiger partial charge in [-0.15, -0.1) is 12.4 Å². The molecule has 0 aromatic heterocycles. The van der Waals surface area contributed by atoms with Crippen molar-refractivity contribution in [3.63, 3.8) is 0 Å². The molecule has 3 rings (SSSR count). The van der Waals surface area contributed by atoms with Crippen LogP contribution in [0.25, 0.3) is 0 Å². The van der Waals surface area contributed by atoms with E-state index in [1.807, 2.05) is 32.2 Å². The van der Waals surface area contributed by atoms with Crippen molar-refractivity contribution in [1.82, 2.24) is 4.90 Å². The van der Waals surface area contributed by atoms with Gasteiger partial charge in [0.15, 0.2) is 35.3 Å². The molecule has 0 bridgehead atoms. The number of halogens is 1. The van der Waals surface area contributed by atoms with Gasteiger partial charge in [0.05, 0.1) is 25.7 Å². The lowest BCUT2D eigenvalue weighted by Gasteiger charge is -2.37. The van der Waals surface area contributed by atoms with Crippen LogP contribution >= 0.6 is 12.4 Å². The zero-order valence-electron chi connectivity index (χ0n) is 20.8. The molecule has 0 aliphatic carbocycles. The van der Waals surface area contributed by atoms with Gasteiger partial charge in [0.2, 0.25) is 0 Å². The standard InChI is InChI=1S/C25H35NO6S2.ClH/c1-20-7-10-22(11-8-20)25(33(27,28)17-6-18-34(25,29)30)14-5-15-26(2)16-13-21-9-12-23(31-3)24(19-21)32-4;/h7-12,19H,5-6,13-18H2,1-4H3;1H. The molecule has 196 valence electrons. The molecule has 0 radical (unpaired) electrons. The average molecular weight is 546 g/mol. The lowest BCUT2D eigenvalue weighted by molar-refractivity contribution is 0.325. The SMILES string of the molecule is COc1ccc(CCN(C)CCCC2(c3ccc(C)cc3)S(=O)(=O)CCCS2(=O)=O)cc1OC.Cl. The molecule has 35 heavy (non-hydrogen) atoms. The minimum atomic E-state index is -3.86. The van der Waals surface area contributed by atoms with E-state index < -0.39 is 23.8 Å². The fourth-order valence-electron chi connectivity index (χ4n) is 4.63. The van der Waals surface area contributed by atoms with Gasteiger partial charge in [-0.25, -0.2) is 16.8 Å². The second-order valence-corrected chi connectivity index (χ2v) is 13.9. The highest BCUT2D eigenvalue weighted by Gasteiger charge is 2.57. The zero-order valence-corrected chi connectivity index (χ0v) is 23.3. The van der Waals surface area contributed by atoms with Gasteiger partial charge < -0.3 is 14.4 Å². The quantitative estimate of drug-likeness (QED) is 0.449. The summed E-state index contributed by atoms with van der Waals surface area (Å²) in [6, 6.07) is 12.7. The fraction of sp³-hybridized carbons (Fsp3) is 0.520. The minimum Gasteiger partial charge on any atom is -0.493 e. The molecule has 2 aromatic rings. The van der Waals surface area contributed by atoms with Crippen LogP contribution in [0.15, 0.2) is 42.5 Å². The molecule has 0 N–H and O–H groups in total. The topological polar surface area (TPSA) is 90.0 Å². The molecule has 10 heteroatoms. The third-order valence-corrected chi connectivity index (χ3v) is 12.7. The molecule has 0 amide bonds. The van der Waals surface area contributed by atoms with E-state index >= 15 is 0 Å². The van der Waals surface area contributed by atoms with Gasteiger partial charge in [0, 0.05) is 6.54 Å². The molecular formula is C25H36ClNO6S2. The summed E-state index contributed by atoms with van der Waals surface area (Å²) in [5.41, 5.74) is 2.42. The number of methoxy groups -OCH3 is 2. The molecule has 0 spiro atoms. The number of hydrogen-bond donors (Lipinski definition) is 0. The van der Waals surface area contributed by atoms with Gasteiger partial charge >= 0.3 is 0 Å². The lowest BCUT2D eigenvalue weighted by Crippen LogP contribution is -2.50. The maximum Gasteiger partial charge on any atom is 0.198 e. The maximum atomic E-state index is 13.3. The van der Waals surface area contributed by atoms with Crippen molar-refractivity contribution in [3.05, 3.63) is 59.2 Å². The Labute approximate surface area is 216 Å². The van der Waals surface area contributed by atoms with Crippen molar-refractivity contribution in [2.24, 2.45) is 0 Å². The Balaban J connectivity index is 0.00000432. The Kier molecular flexibility index (Phi) is 10.0. The predicted molar refractivity (Wildman–Crippen MR) is 142 cm³/mol. The summed E-state index contributed by atoms with van der Waals surface area (Å²) in [6.07, 6.45) is 1.44. The van der Waals surface area contributed by atoms with Crippen molar-refractivity contribution >= 4 is 32.1 Å². The van der Waals surface area contributed by atoms with Crippen LogP contribution in [-0.4, -0.2) is 67.6 Å². The number of likely N-dealkylation sites (N-methyl/N-ethyl adjacent to an activating group) is 1. The second kappa shape index (κ2) is 12.0. The highest BCUT2D eigenvalue weighted by atomic mass is 35.5. The van der Waals surface area contributed by atoms with Gasteiger partial charge in [-0.2, -0.15) is 0 Å². The van der Waals surface area contributed by atoms with E-state index in [9.17, 15) is 16.8 Å². The summed E-state index contributed by atoms with van der Waals surface area (Å²) in [4.78, 5) is 2.10. The maximum absolute atomic E-state index is 13.3. The highest BCUT2D eigenvalue weighted by Crippen LogP contribution is 2.45. The van der Waals surface area contributed by atoms with Crippen LogP contribution in [0.4, 0.5) is 0 Å². The van der Waals surface area contributed by atoms with E-state index in [1.54, 1.807) is 38.5 Å². The van der Waals surface area contributed by atoms with Crippen LogP contribution in [-0.2, 0) is 30.2 Å². The molecule has 1 saturated heterocycles. The van der Waals surface area contributed by atoms with Crippen molar-refractivity contribution in [2.45, 2.75) is 36.7 Å². The molecule has 1 heterocycles. The number of rotatable bonds is 10. The average Bonchev–Trinajstić information content (AvgIpc) is 2.79. The van der Waals surface area contributed by atoms with Gasteiger partial charge in [0.1, 0.15) is 0 Å². The first-order valence-corrected chi connectivity index (χ1v) is 14.8. The summed E-state index contributed by atoms with van der Waals surface area (Å²) in [5, 5.41) is 0. The fourth-order valence-corrected chi connectivity index (χ4v) is 10.5. The second-order valence-electron chi connectivity index (χ2n) is 8.96. The number of sulfone groups is 2. The van der Waals surface area contributed by atoms with Crippen molar-refractivity contribution in [3.8, 4) is 11.5 Å². The van der Waals surface area contributed by atoms with E-state index in [4.69, 9.17) is 9.47 Å². The first-order chi connectivity index (χ1) is 16.1. The molecule has 0 unspecified atom stereocenters. The molecule has 7 nitrogen and oxygen atoms in total. The van der Waals surface area contributed by atoms with Crippen LogP contribution in [0, 0.1) is 6.92 Å². The summed E-state index contributed by atoms with van der Waals surface area (Å²) in [5.74, 6) is 1.15. The van der Waals surface area contributed by atoms with Gasteiger partial charge in [0.25, 0.3) is 0 Å². The summed E-state index contributed by atoms with van der Waals surface area (Å²) >= 11 is 0. The number of benzene rings is 2.